The number of ether oxygens (including phenoxy) is 1. The van der Waals surface area contributed by atoms with Crippen LogP contribution in [0.3, 0.4) is 0 Å². The van der Waals surface area contributed by atoms with E-state index < -0.39 is 0 Å². The van der Waals surface area contributed by atoms with E-state index in [2.05, 4.69) is 36.2 Å². The molecule has 1 aromatic heterocycles. The van der Waals surface area contributed by atoms with Crippen LogP contribution in [0.5, 0.6) is 5.75 Å². The van der Waals surface area contributed by atoms with Crippen LogP contribution in [0.15, 0.2) is 48.7 Å². The normalized spacial score (nSPS) is 10.1. The smallest absolute Gasteiger partial charge is 0.0647 e. The minimum absolute atomic E-state index is 0. The first kappa shape index (κ1) is 14.7. The molecule has 0 amide bonds. The largest absolute Gasteiger partial charge is 0.540 e. The zero-order chi connectivity index (χ0) is 13.2. The summed E-state index contributed by atoms with van der Waals surface area (Å²) in [5, 5.41) is 2.35. The minimum Gasteiger partial charge on any atom is -0.540 e. The van der Waals surface area contributed by atoms with Gasteiger partial charge >= 0.3 is 0 Å². The molecule has 0 aliphatic carbocycles. The fourth-order valence-corrected chi connectivity index (χ4v) is 2.18. The molecule has 0 unspecified atom stereocenters. The van der Waals surface area contributed by atoms with Crippen LogP contribution in [0.25, 0.3) is 22.0 Å². The van der Waals surface area contributed by atoms with E-state index in [1.54, 1.807) is 7.11 Å². The second-order valence-corrected chi connectivity index (χ2v) is 4.53. The monoisotopic (exact) mass is 441 g/mol. The number of aryl methyl sites for hydroxylation is 1. The van der Waals surface area contributed by atoms with Crippen molar-refractivity contribution in [3.05, 3.63) is 60.3 Å². The average molecular weight is 441 g/mol. The third-order valence-electron chi connectivity index (χ3n) is 3.20. The number of methoxy groups -OCH3 is 1. The van der Waals surface area contributed by atoms with Gasteiger partial charge < -0.3 is 9.72 Å². The molecule has 1 heterocycles. The average Bonchev–Trinajstić information content (AvgIpc) is 2.47. The van der Waals surface area contributed by atoms with Gasteiger partial charge in [-0.05, 0) is 29.5 Å². The number of rotatable bonds is 2. The third-order valence-corrected chi connectivity index (χ3v) is 3.20. The fourth-order valence-electron chi connectivity index (χ4n) is 2.18. The first-order valence-corrected chi connectivity index (χ1v) is 6.19. The van der Waals surface area contributed by atoms with Crippen LogP contribution < -0.4 is 4.74 Å². The zero-order valence-corrected chi connectivity index (χ0v) is 13.7. The molecule has 0 aliphatic rings. The Morgan fingerprint density at radius 3 is 2.65 bits per heavy atom. The molecule has 3 rings (SSSR count). The maximum atomic E-state index is 5.16. The van der Waals surface area contributed by atoms with Crippen molar-refractivity contribution in [1.82, 2.24) is 4.98 Å². The van der Waals surface area contributed by atoms with Crippen LogP contribution >= 0.6 is 0 Å². The van der Waals surface area contributed by atoms with E-state index in [4.69, 9.17) is 4.74 Å². The molecular weight excluding hydrogens is 426 g/mol. The SMILES string of the molecule is COc1c[c-]c(-c2nccc3ccc(C)cc23)cc1.[Ir]. The molecule has 0 bridgehead atoms. The summed E-state index contributed by atoms with van der Waals surface area (Å²) in [5.74, 6) is 0.806. The summed E-state index contributed by atoms with van der Waals surface area (Å²) in [6, 6.07) is 17.4. The second kappa shape index (κ2) is 6.17. The topological polar surface area (TPSA) is 22.1 Å². The zero-order valence-electron chi connectivity index (χ0n) is 11.3. The number of fused-ring (bicyclic) bond motifs is 1. The molecular formula is C17H14IrNO-. The van der Waals surface area contributed by atoms with E-state index in [-0.39, 0.29) is 20.1 Å². The Morgan fingerprint density at radius 1 is 1.10 bits per heavy atom. The van der Waals surface area contributed by atoms with Crippen molar-refractivity contribution in [2.75, 3.05) is 7.11 Å². The maximum absolute atomic E-state index is 5.16. The number of benzene rings is 2. The minimum atomic E-state index is 0. The molecule has 0 aliphatic heterocycles. The van der Waals surface area contributed by atoms with E-state index in [1.807, 2.05) is 30.5 Å². The second-order valence-electron chi connectivity index (χ2n) is 4.53. The van der Waals surface area contributed by atoms with Crippen LogP contribution in [0.2, 0.25) is 0 Å². The molecule has 103 valence electrons. The summed E-state index contributed by atoms with van der Waals surface area (Å²) in [7, 11) is 1.66. The number of hydrogen-bond donors (Lipinski definition) is 0. The van der Waals surface area contributed by atoms with Gasteiger partial charge in [0.25, 0.3) is 0 Å². The quantitative estimate of drug-likeness (QED) is 0.562. The summed E-state index contributed by atoms with van der Waals surface area (Å²) < 4.78 is 5.16. The molecule has 0 atom stereocenters. The Kier molecular flexibility index (Phi) is 4.53. The first-order valence-electron chi connectivity index (χ1n) is 6.19. The van der Waals surface area contributed by atoms with Crippen molar-refractivity contribution < 1.29 is 24.8 Å². The summed E-state index contributed by atoms with van der Waals surface area (Å²) >= 11 is 0. The van der Waals surface area contributed by atoms with Crippen molar-refractivity contribution >= 4 is 10.8 Å². The van der Waals surface area contributed by atoms with Gasteiger partial charge in [0, 0.05) is 32.1 Å². The van der Waals surface area contributed by atoms with Crippen LogP contribution in [0, 0.1) is 13.0 Å². The first-order chi connectivity index (χ1) is 9.28. The van der Waals surface area contributed by atoms with Crippen LogP contribution in [0.4, 0.5) is 0 Å². The van der Waals surface area contributed by atoms with Gasteiger partial charge in [0.2, 0.25) is 0 Å². The number of nitrogens with zero attached hydrogens (tertiary/aromatic N) is 1. The number of hydrogen-bond acceptors (Lipinski definition) is 2. The third kappa shape index (κ3) is 2.74. The Balaban J connectivity index is 0.00000147. The summed E-state index contributed by atoms with van der Waals surface area (Å²) in [6.45, 7) is 2.09. The molecule has 0 fully saturated rings. The molecule has 0 spiro atoms. The Morgan fingerprint density at radius 2 is 1.95 bits per heavy atom. The van der Waals surface area contributed by atoms with E-state index in [1.165, 1.54) is 10.9 Å². The van der Waals surface area contributed by atoms with Gasteiger partial charge in [-0.15, -0.1) is 29.8 Å². The Labute approximate surface area is 132 Å². The van der Waals surface area contributed by atoms with Crippen LogP contribution in [0.1, 0.15) is 5.56 Å². The summed E-state index contributed by atoms with van der Waals surface area (Å²) in [6.07, 6.45) is 1.84. The van der Waals surface area contributed by atoms with Gasteiger partial charge in [-0.25, -0.2) is 0 Å². The molecule has 3 aromatic rings. The van der Waals surface area contributed by atoms with Gasteiger partial charge in [0.05, 0.1) is 7.11 Å². The number of aromatic nitrogens is 1. The van der Waals surface area contributed by atoms with Gasteiger partial charge in [-0.2, -0.15) is 0 Å². The van der Waals surface area contributed by atoms with Gasteiger partial charge in [-0.3, -0.25) is 0 Å². The molecule has 0 saturated heterocycles. The van der Waals surface area contributed by atoms with Gasteiger partial charge in [-0.1, -0.05) is 23.8 Å². The van der Waals surface area contributed by atoms with Crippen molar-refractivity contribution in [1.29, 1.82) is 0 Å². The fraction of sp³-hybridized carbons (Fsp3) is 0.118. The van der Waals surface area contributed by atoms with Crippen LogP contribution in [-0.4, -0.2) is 12.1 Å². The maximum Gasteiger partial charge on any atom is 0.0647 e. The molecule has 0 N–H and O–H groups in total. The van der Waals surface area contributed by atoms with Crippen molar-refractivity contribution in [3.8, 4) is 17.0 Å². The molecule has 1 radical (unpaired) electrons. The molecule has 20 heavy (non-hydrogen) atoms. The standard InChI is InChI=1S/C17H14NO.Ir/c1-12-3-4-13-9-10-18-17(16(13)11-12)14-5-7-15(19-2)8-6-14;/h3-5,7-11H,1-2H3;/q-1;. The predicted molar refractivity (Wildman–Crippen MR) is 77.3 cm³/mol. The van der Waals surface area contributed by atoms with E-state index in [9.17, 15) is 0 Å². The van der Waals surface area contributed by atoms with Gasteiger partial charge in [0.15, 0.2) is 0 Å². The Hall–Kier alpha value is -1.70. The van der Waals surface area contributed by atoms with E-state index in [0.29, 0.717) is 0 Å². The summed E-state index contributed by atoms with van der Waals surface area (Å²) in [5.41, 5.74) is 3.18. The van der Waals surface area contributed by atoms with Crippen molar-refractivity contribution in [3.63, 3.8) is 0 Å². The predicted octanol–water partition coefficient (Wildman–Crippen LogP) is 4.02. The molecule has 3 heteroatoms. The Bertz CT molecular complexity index is 723. The van der Waals surface area contributed by atoms with Crippen LogP contribution in [-0.2, 0) is 20.1 Å². The van der Waals surface area contributed by atoms with Crippen molar-refractivity contribution in [2.24, 2.45) is 0 Å². The molecule has 0 saturated carbocycles. The van der Waals surface area contributed by atoms with Crippen molar-refractivity contribution in [2.45, 2.75) is 6.92 Å². The van der Waals surface area contributed by atoms with E-state index in [0.717, 1.165) is 22.4 Å². The van der Waals surface area contributed by atoms with E-state index >= 15 is 0 Å². The number of pyridine rings is 1. The molecule has 2 nitrogen and oxygen atoms in total. The summed E-state index contributed by atoms with van der Waals surface area (Å²) in [4.78, 5) is 4.50. The molecule has 2 aromatic carbocycles. The van der Waals surface area contributed by atoms with Gasteiger partial charge in [0.1, 0.15) is 0 Å².